The number of amides is 2. The van der Waals surface area contributed by atoms with E-state index in [-0.39, 0.29) is 24.3 Å². The number of hydrogen-bond acceptors (Lipinski definition) is 3. The van der Waals surface area contributed by atoms with Crippen LogP contribution in [0.4, 0.5) is 5.69 Å². The molecule has 0 saturated carbocycles. The number of nitrogens with one attached hydrogen (secondary N) is 1. The van der Waals surface area contributed by atoms with E-state index in [1.54, 1.807) is 0 Å². The average Bonchev–Trinajstić information content (AvgIpc) is 3.19. The van der Waals surface area contributed by atoms with Gasteiger partial charge < -0.3 is 4.98 Å². The van der Waals surface area contributed by atoms with Crippen molar-refractivity contribution in [1.82, 2.24) is 9.88 Å². The van der Waals surface area contributed by atoms with Crippen LogP contribution in [-0.4, -0.2) is 34.3 Å². The topological polar surface area (TPSA) is 56.4 Å². The number of hydrogen-bond donors (Lipinski definition) is 1. The van der Waals surface area contributed by atoms with Crippen molar-refractivity contribution in [3.8, 4) is 0 Å². The molecule has 27 heavy (non-hydrogen) atoms. The highest BCUT2D eigenvalue weighted by Crippen LogP contribution is 2.32. The summed E-state index contributed by atoms with van der Waals surface area (Å²) in [6, 6.07) is 15.5. The summed E-state index contributed by atoms with van der Waals surface area (Å²) in [5.41, 5.74) is 5.29. The van der Waals surface area contributed by atoms with Crippen LogP contribution >= 0.6 is 0 Å². The van der Waals surface area contributed by atoms with E-state index in [2.05, 4.69) is 28.1 Å². The van der Waals surface area contributed by atoms with Crippen molar-refractivity contribution in [3.05, 3.63) is 65.4 Å². The zero-order valence-corrected chi connectivity index (χ0v) is 15.2. The van der Waals surface area contributed by atoms with Crippen LogP contribution in [-0.2, 0) is 22.6 Å². The second-order valence-corrected chi connectivity index (χ2v) is 7.42. The molecule has 0 aliphatic carbocycles. The average molecular weight is 359 g/mol. The van der Waals surface area contributed by atoms with Gasteiger partial charge in [-0.2, -0.15) is 0 Å². The number of benzene rings is 2. The van der Waals surface area contributed by atoms with Crippen LogP contribution in [0.2, 0.25) is 0 Å². The number of aryl methyl sites for hydroxylation is 1. The number of anilines is 1. The predicted molar refractivity (Wildman–Crippen MR) is 104 cm³/mol. The SMILES string of the molecule is Cc1ccccc1N1C(=O)C[C@@H](N2CCc3c([nH]c4ccccc34)C2)C1=O. The molecule has 3 heterocycles. The Kier molecular flexibility index (Phi) is 3.65. The number of aromatic nitrogens is 1. The Morgan fingerprint density at radius 1 is 1.04 bits per heavy atom. The van der Waals surface area contributed by atoms with Gasteiger partial charge in [0.2, 0.25) is 5.91 Å². The number of imide groups is 1. The summed E-state index contributed by atoms with van der Waals surface area (Å²) in [7, 11) is 0. The van der Waals surface area contributed by atoms with Crippen LogP contribution in [0.5, 0.6) is 0 Å². The lowest BCUT2D eigenvalue weighted by atomic mass is 10.0. The third-order valence-electron chi connectivity index (χ3n) is 5.83. The molecule has 0 unspecified atom stereocenters. The van der Waals surface area contributed by atoms with E-state index in [1.807, 2.05) is 37.3 Å². The molecule has 5 nitrogen and oxygen atoms in total. The number of carbonyl (C=O) groups excluding carboxylic acids is 2. The molecule has 1 aromatic heterocycles. The molecule has 0 spiro atoms. The first kappa shape index (κ1) is 16.3. The predicted octanol–water partition coefficient (Wildman–Crippen LogP) is 3.17. The summed E-state index contributed by atoms with van der Waals surface area (Å²) >= 11 is 0. The molecule has 1 atom stereocenters. The molecule has 2 aliphatic heterocycles. The van der Waals surface area contributed by atoms with Crippen molar-refractivity contribution in [1.29, 1.82) is 0 Å². The fourth-order valence-corrected chi connectivity index (χ4v) is 4.45. The van der Waals surface area contributed by atoms with Crippen LogP contribution in [0.1, 0.15) is 23.2 Å². The Morgan fingerprint density at radius 2 is 1.81 bits per heavy atom. The van der Waals surface area contributed by atoms with Crippen molar-refractivity contribution in [2.24, 2.45) is 0 Å². The number of rotatable bonds is 2. The number of H-pyrrole nitrogens is 1. The minimum absolute atomic E-state index is 0.103. The number of fused-ring (bicyclic) bond motifs is 3. The Balaban J connectivity index is 1.44. The zero-order valence-electron chi connectivity index (χ0n) is 15.2. The first-order chi connectivity index (χ1) is 13.1. The maximum Gasteiger partial charge on any atom is 0.251 e. The Morgan fingerprint density at radius 3 is 2.67 bits per heavy atom. The summed E-state index contributed by atoms with van der Waals surface area (Å²) in [6.45, 7) is 3.40. The Bertz CT molecular complexity index is 1070. The standard InChI is InChI=1S/C22H21N3O2/c1-14-6-2-5-9-19(14)25-21(26)12-20(22(25)27)24-11-10-16-15-7-3-4-8-17(15)23-18(16)13-24/h2-9,20,23H,10-13H2,1H3/t20-/m1/s1. The van der Waals surface area contributed by atoms with Gasteiger partial charge in [-0.05, 0) is 36.6 Å². The first-order valence-electron chi connectivity index (χ1n) is 9.38. The van der Waals surface area contributed by atoms with Gasteiger partial charge in [0, 0.05) is 29.7 Å². The molecule has 1 saturated heterocycles. The van der Waals surface area contributed by atoms with Crippen molar-refractivity contribution >= 4 is 28.4 Å². The van der Waals surface area contributed by atoms with Gasteiger partial charge in [0.25, 0.3) is 5.91 Å². The van der Waals surface area contributed by atoms with Crippen LogP contribution in [0.25, 0.3) is 10.9 Å². The lowest BCUT2D eigenvalue weighted by molar-refractivity contribution is -0.123. The molecule has 1 fully saturated rings. The van der Waals surface area contributed by atoms with Gasteiger partial charge in [0.1, 0.15) is 0 Å². The summed E-state index contributed by atoms with van der Waals surface area (Å²) in [5.74, 6) is -0.212. The molecule has 5 heteroatoms. The normalized spacial score (nSPS) is 20.5. The van der Waals surface area contributed by atoms with Crippen molar-refractivity contribution in [3.63, 3.8) is 0 Å². The molecule has 1 N–H and O–H groups in total. The number of para-hydroxylation sites is 2. The van der Waals surface area contributed by atoms with E-state index in [4.69, 9.17) is 0 Å². The largest absolute Gasteiger partial charge is 0.357 e. The summed E-state index contributed by atoms with van der Waals surface area (Å²) < 4.78 is 0. The number of aromatic amines is 1. The van der Waals surface area contributed by atoms with E-state index < -0.39 is 0 Å². The maximum absolute atomic E-state index is 13.1. The minimum Gasteiger partial charge on any atom is -0.357 e. The second-order valence-electron chi connectivity index (χ2n) is 7.42. The highest BCUT2D eigenvalue weighted by molar-refractivity contribution is 6.22. The van der Waals surface area contributed by atoms with E-state index in [0.29, 0.717) is 12.2 Å². The van der Waals surface area contributed by atoms with Gasteiger partial charge in [0.15, 0.2) is 0 Å². The molecule has 136 valence electrons. The van der Waals surface area contributed by atoms with Gasteiger partial charge in [-0.3, -0.25) is 14.5 Å². The van der Waals surface area contributed by atoms with E-state index >= 15 is 0 Å². The van der Waals surface area contributed by atoms with E-state index in [9.17, 15) is 9.59 Å². The van der Waals surface area contributed by atoms with Crippen LogP contribution in [0, 0.1) is 6.92 Å². The summed E-state index contributed by atoms with van der Waals surface area (Å²) in [4.78, 5) is 32.8. The van der Waals surface area contributed by atoms with Crippen LogP contribution < -0.4 is 4.90 Å². The highest BCUT2D eigenvalue weighted by Gasteiger charge is 2.44. The van der Waals surface area contributed by atoms with Gasteiger partial charge in [-0.15, -0.1) is 0 Å². The Hall–Kier alpha value is -2.92. The van der Waals surface area contributed by atoms with Crippen molar-refractivity contribution in [2.45, 2.75) is 32.4 Å². The lowest BCUT2D eigenvalue weighted by Crippen LogP contribution is -2.44. The van der Waals surface area contributed by atoms with E-state index in [0.717, 1.165) is 29.7 Å². The fraction of sp³-hybridized carbons (Fsp3) is 0.273. The second kappa shape index (κ2) is 6.06. The van der Waals surface area contributed by atoms with Crippen molar-refractivity contribution in [2.75, 3.05) is 11.4 Å². The summed E-state index contributed by atoms with van der Waals surface area (Å²) in [5, 5.41) is 1.27. The van der Waals surface area contributed by atoms with Gasteiger partial charge in [0.05, 0.1) is 18.2 Å². The molecule has 3 aromatic rings. The fourth-order valence-electron chi connectivity index (χ4n) is 4.45. The molecule has 2 aliphatic rings. The molecule has 2 aromatic carbocycles. The van der Waals surface area contributed by atoms with Crippen molar-refractivity contribution < 1.29 is 9.59 Å². The highest BCUT2D eigenvalue weighted by atomic mass is 16.2. The Labute approximate surface area is 157 Å². The van der Waals surface area contributed by atoms with Gasteiger partial charge in [-0.25, -0.2) is 4.90 Å². The van der Waals surface area contributed by atoms with Gasteiger partial charge >= 0.3 is 0 Å². The zero-order chi connectivity index (χ0) is 18.5. The molecule has 5 rings (SSSR count). The van der Waals surface area contributed by atoms with Crippen LogP contribution in [0.3, 0.4) is 0 Å². The van der Waals surface area contributed by atoms with Crippen LogP contribution in [0.15, 0.2) is 48.5 Å². The number of nitrogens with zero attached hydrogens (tertiary/aromatic N) is 2. The first-order valence-corrected chi connectivity index (χ1v) is 9.38. The monoisotopic (exact) mass is 359 g/mol. The third kappa shape index (κ3) is 2.50. The molecular formula is C22H21N3O2. The third-order valence-corrected chi connectivity index (χ3v) is 5.83. The number of carbonyl (C=O) groups is 2. The lowest BCUT2D eigenvalue weighted by Gasteiger charge is -2.31. The van der Waals surface area contributed by atoms with E-state index in [1.165, 1.54) is 15.8 Å². The molecular weight excluding hydrogens is 338 g/mol. The smallest absolute Gasteiger partial charge is 0.251 e. The minimum atomic E-state index is -0.378. The maximum atomic E-state index is 13.1. The molecule has 2 amide bonds. The van der Waals surface area contributed by atoms with Gasteiger partial charge in [-0.1, -0.05) is 36.4 Å². The quantitative estimate of drug-likeness (QED) is 0.715. The molecule has 0 bridgehead atoms. The summed E-state index contributed by atoms with van der Waals surface area (Å²) in [6.07, 6.45) is 1.14. The molecule has 0 radical (unpaired) electrons.